The fourth-order valence-electron chi connectivity index (χ4n) is 4.35. The van der Waals surface area contributed by atoms with E-state index in [-0.39, 0.29) is 24.1 Å². The van der Waals surface area contributed by atoms with Crippen molar-refractivity contribution >= 4 is 32.1 Å². The predicted octanol–water partition coefficient (Wildman–Crippen LogP) is 1.91. The fourth-order valence-corrected chi connectivity index (χ4v) is 4.35. The maximum atomic E-state index is 11.8. The number of hydrogen-bond acceptors (Lipinski definition) is 9. The molecule has 0 bridgehead atoms. The van der Waals surface area contributed by atoms with Crippen LogP contribution in [0.2, 0.25) is 0 Å². The quantitative estimate of drug-likeness (QED) is 0.330. The molecule has 41 heavy (non-hydrogen) atoms. The van der Waals surface area contributed by atoms with E-state index in [9.17, 15) is 26.4 Å². The summed E-state index contributed by atoms with van der Waals surface area (Å²) in [4.78, 5) is 29.7. The van der Waals surface area contributed by atoms with Crippen molar-refractivity contribution < 1.29 is 40.3 Å². The zero-order valence-corrected chi connectivity index (χ0v) is 25.1. The van der Waals surface area contributed by atoms with E-state index in [4.69, 9.17) is 13.8 Å². The van der Waals surface area contributed by atoms with Crippen molar-refractivity contribution in [3.8, 4) is 0 Å². The Morgan fingerprint density at radius 2 is 1.12 bits per heavy atom. The molecule has 0 aliphatic carbocycles. The minimum Gasteiger partial charge on any atom is -0.351 e. The molecule has 4 rings (SSSR count). The molecule has 2 aliphatic heterocycles. The number of carbonyl (C=O) groups excluding carboxylic acids is 2. The summed E-state index contributed by atoms with van der Waals surface area (Å²) in [6.07, 6.45) is 2.04. The molecule has 0 spiro atoms. The maximum Gasteiger partial charge on any atom is 0.261 e. The summed E-state index contributed by atoms with van der Waals surface area (Å²) in [5, 5.41) is 0. The molecule has 0 radical (unpaired) electrons. The van der Waals surface area contributed by atoms with Crippen molar-refractivity contribution in [1.82, 2.24) is 14.7 Å². The summed E-state index contributed by atoms with van der Waals surface area (Å²) < 4.78 is 58.3. The fraction of sp³-hybridized carbons (Fsp3) is 0.481. The number of amides is 2. The Bertz CT molecular complexity index is 1210. The molecule has 2 N–H and O–H groups in total. The number of ether oxygens (including phenoxy) is 1. The molecular formula is C27H39N3O9S2. The third kappa shape index (κ3) is 14.1. The average Bonchev–Trinajstić information content (AvgIpc) is 3.22. The third-order valence-electron chi connectivity index (χ3n) is 6.25. The topological polar surface area (TPSA) is 162 Å². The van der Waals surface area contributed by atoms with Gasteiger partial charge in [0.1, 0.15) is 12.3 Å². The summed E-state index contributed by atoms with van der Waals surface area (Å²) in [5.74, 6) is -0.0583. The van der Waals surface area contributed by atoms with E-state index < -0.39 is 20.2 Å². The van der Waals surface area contributed by atoms with E-state index in [1.54, 1.807) is 0 Å². The standard InChI is InChI=1S/C25H31N3O3.2CH4O3S/c1-20(31-25(21-8-4-2-5-9-21)22-10-6-3-7-11-22)27-17-14-26(15-18-27)16-19-28-23(29)12-13-24(28)30;2*1-5(2,3)4/h2-11,20,25H,12-19H2,1H3;2*1H3,(H,2,3,4). The second-order valence-corrected chi connectivity index (χ2v) is 12.7. The van der Waals surface area contributed by atoms with Crippen LogP contribution in [0.25, 0.3) is 0 Å². The van der Waals surface area contributed by atoms with Crippen LogP contribution in [0.15, 0.2) is 60.7 Å². The minimum absolute atomic E-state index is 0.0192. The molecule has 0 saturated carbocycles. The number of rotatable bonds is 8. The van der Waals surface area contributed by atoms with Gasteiger partial charge < -0.3 is 4.74 Å². The van der Waals surface area contributed by atoms with Gasteiger partial charge in [0.05, 0.1) is 12.5 Å². The van der Waals surface area contributed by atoms with Gasteiger partial charge in [-0.15, -0.1) is 0 Å². The van der Waals surface area contributed by atoms with Crippen molar-refractivity contribution in [2.45, 2.75) is 32.1 Å². The molecule has 2 fully saturated rings. The van der Waals surface area contributed by atoms with Crippen molar-refractivity contribution in [2.75, 3.05) is 51.8 Å². The van der Waals surface area contributed by atoms with E-state index in [0.29, 0.717) is 31.9 Å². The number of likely N-dealkylation sites (tertiary alicyclic amines) is 1. The normalized spacial score (nSPS) is 17.5. The largest absolute Gasteiger partial charge is 0.351 e. The highest BCUT2D eigenvalue weighted by atomic mass is 32.2. The van der Waals surface area contributed by atoms with Crippen LogP contribution in [-0.2, 0) is 34.6 Å². The lowest BCUT2D eigenvalue weighted by Crippen LogP contribution is -2.52. The van der Waals surface area contributed by atoms with Crippen LogP contribution < -0.4 is 0 Å². The molecule has 12 nitrogen and oxygen atoms in total. The Morgan fingerprint density at radius 3 is 1.51 bits per heavy atom. The van der Waals surface area contributed by atoms with E-state index in [1.807, 2.05) is 36.4 Å². The van der Waals surface area contributed by atoms with Gasteiger partial charge in [-0.25, -0.2) is 0 Å². The summed E-state index contributed by atoms with van der Waals surface area (Å²) in [7, 11) is -7.33. The van der Waals surface area contributed by atoms with Gasteiger partial charge in [-0.1, -0.05) is 60.7 Å². The van der Waals surface area contributed by atoms with E-state index >= 15 is 0 Å². The molecule has 228 valence electrons. The van der Waals surface area contributed by atoms with Crippen LogP contribution in [0, 0.1) is 0 Å². The highest BCUT2D eigenvalue weighted by molar-refractivity contribution is 7.85. The van der Waals surface area contributed by atoms with Crippen LogP contribution >= 0.6 is 0 Å². The van der Waals surface area contributed by atoms with Gasteiger partial charge >= 0.3 is 0 Å². The smallest absolute Gasteiger partial charge is 0.261 e. The third-order valence-corrected chi connectivity index (χ3v) is 6.25. The van der Waals surface area contributed by atoms with Gasteiger partial charge in [0.25, 0.3) is 20.2 Å². The lowest BCUT2D eigenvalue weighted by atomic mass is 10.0. The highest BCUT2D eigenvalue weighted by Gasteiger charge is 2.30. The van der Waals surface area contributed by atoms with E-state index in [0.717, 1.165) is 43.9 Å². The second-order valence-electron chi connectivity index (χ2n) is 9.72. The number of nitrogens with zero attached hydrogens (tertiary/aromatic N) is 3. The molecular weight excluding hydrogens is 574 g/mol. The van der Waals surface area contributed by atoms with Crippen LogP contribution in [-0.4, -0.2) is 110 Å². The number of piperazine rings is 1. The van der Waals surface area contributed by atoms with Crippen LogP contribution in [0.3, 0.4) is 0 Å². The van der Waals surface area contributed by atoms with Crippen molar-refractivity contribution in [3.05, 3.63) is 71.8 Å². The van der Waals surface area contributed by atoms with E-state index in [1.165, 1.54) is 4.90 Å². The molecule has 2 heterocycles. The Morgan fingerprint density at radius 1 is 0.732 bits per heavy atom. The SMILES string of the molecule is CC(OC(c1ccccc1)c1ccccc1)N1CCN(CCN2C(=O)CCC2=O)CC1.CS(=O)(=O)O.CS(=O)(=O)O. The average molecular weight is 614 g/mol. The first kappa shape index (κ1) is 34.5. The minimum atomic E-state index is -3.67. The first-order valence-electron chi connectivity index (χ1n) is 13.0. The van der Waals surface area contributed by atoms with Gasteiger partial charge in [-0.3, -0.25) is 33.4 Å². The molecule has 1 unspecified atom stereocenters. The van der Waals surface area contributed by atoms with Crippen LogP contribution in [0.4, 0.5) is 0 Å². The lowest BCUT2D eigenvalue weighted by Gasteiger charge is -2.39. The first-order chi connectivity index (χ1) is 19.1. The Balaban J connectivity index is 0.000000507. The van der Waals surface area contributed by atoms with Gasteiger partial charge in [-0.2, -0.15) is 16.8 Å². The molecule has 1 atom stereocenters. The number of hydrogen-bond donors (Lipinski definition) is 2. The maximum absolute atomic E-state index is 11.8. The summed E-state index contributed by atoms with van der Waals surface area (Å²) in [6.45, 7) is 7.00. The van der Waals surface area contributed by atoms with Crippen molar-refractivity contribution in [1.29, 1.82) is 0 Å². The number of imide groups is 1. The Labute approximate surface area is 242 Å². The van der Waals surface area contributed by atoms with Crippen LogP contribution in [0.5, 0.6) is 0 Å². The van der Waals surface area contributed by atoms with E-state index in [2.05, 4.69) is 41.0 Å². The molecule has 0 aromatic heterocycles. The monoisotopic (exact) mass is 613 g/mol. The first-order valence-corrected chi connectivity index (χ1v) is 16.7. The molecule has 2 amide bonds. The van der Waals surface area contributed by atoms with Gasteiger partial charge in [-0.05, 0) is 18.1 Å². The molecule has 2 aromatic carbocycles. The van der Waals surface area contributed by atoms with Crippen LogP contribution in [0.1, 0.15) is 37.0 Å². The van der Waals surface area contributed by atoms with Gasteiger partial charge in [0, 0.05) is 52.1 Å². The second kappa shape index (κ2) is 16.1. The van der Waals surface area contributed by atoms with Gasteiger partial charge in [0.15, 0.2) is 0 Å². The Hall–Kier alpha value is -2.72. The summed E-state index contributed by atoms with van der Waals surface area (Å²) in [6, 6.07) is 20.7. The van der Waals surface area contributed by atoms with Crippen molar-refractivity contribution in [2.24, 2.45) is 0 Å². The lowest BCUT2D eigenvalue weighted by molar-refractivity contribution is -0.138. The number of benzene rings is 2. The summed E-state index contributed by atoms with van der Waals surface area (Å²) in [5.41, 5.74) is 2.30. The molecule has 2 aliphatic rings. The summed E-state index contributed by atoms with van der Waals surface area (Å²) >= 11 is 0. The molecule has 2 aromatic rings. The van der Waals surface area contributed by atoms with Gasteiger partial charge in [0.2, 0.25) is 11.8 Å². The predicted molar refractivity (Wildman–Crippen MR) is 154 cm³/mol. The zero-order chi connectivity index (χ0) is 30.6. The zero-order valence-electron chi connectivity index (χ0n) is 23.5. The molecule has 14 heteroatoms. The number of carbonyl (C=O) groups is 2. The Kier molecular flexibility index (Phi) is 13.5. The molecule has 2 saturated heterocycles. The highest BCUT2D eigenvalue weighted by Crippen LogP contribution is 2.28. The van der Waals surface area contributed by atoms with Crippen molar-refractivity contribution in [3.63, 3.8) is 0 Å².